The predicted molar refractivity (Wildman–Crippen MR) is 131 cm³/mol. The van der Waals surface area contributed by atoms with Crippen molar-refractivity contribution in [3.63, 3.8) is 0 Å². The van der Waals surface area contributed by atoms with E-state index in [4.69, 9.17) is 0 Å². The molecule has 5 heteroatoms. The van der Waals surface area contributed by atoms with E-state index in [2.05, 4.69) is 17.6 Å². The lowest BCUT2D eigenvalue weighted by Crippen LogP contribution is -2.27. The number of carbonyl (C=O) groups is 2. The van der Waals surface area contributed by atoms with Crippen molar-refractivity contribution in [3.8, 4) is 0 Å². The molecule has 31 heavy (non-hydrogen) atoms. The number of nitrogens with zero attached hydrogens (tertiary/aromatic N) is 1. The van der Waals surface area contributed by atoms with Gasteiger partial charge < -0.3 is 15.5 Å². The molecule has 0 radical (unpaired) electrons. The van der Waals surface area contributed by atoms with Crippen molar-refractivity contribution in [3.05, 3.63) is 23.8 Å². The van der Waals surface area contributed by atoms with Crippen LogP contribution in [0.3, 0.4) is 0 Å². The molecule has 0 spiro atoms. The molecule has 1 aromatic rings. The van der Waals surface area contributed by atoms with Crippen LogP contribution in [0.15, 0.2) is 18.2 Å². The second-order valence-electron chi connectivity index (χ2n) is 9.21. The van der Waals surface area contributed by atoms with Gasteiger partial charge in [0.15, 0.2) is 0 Å². The Labute approximate surface area is 189 Å². The van der Waals surface area contributed by atoms with Crippen molar-refractivity contribution >= 4 is 23.2 Å². The van der Waals surface area contributed by atoms with Crippen LogP contribution in [0.5, 0.6) is 0 Å². The summed E-state index contributed by atoms with van der Waals surface area (Å²) in [7, 11) is 3.85. The zero-order valence-electron chi connectivity index (χ0n) is 20.0. The van der Waals surface area contributed by atoms with Crippen molar-refractivity contribution in [2.24, 2.45) is 0 Å². The number of benzene rings is 1. The highest BCUT2D eigenvalue weighted by Crippen LogP contribution is 2.25. The summed E-state index contributed by atoms with van der Waals surface area (Å²) < 4.78 is 0. The van der Waals surface area contributed by atoms with E-state index in [0.717, 1.165) is 31.4 Å². The Balaban J connectivity index is 1.65. The molecule has 0 saturated heterocycles. The molecular weight excluding hydrogens is 386 g/mol. The summed E-state index contributed by atoms with van der Waals surface area (Å²) >= 11 is 0. The van der Waals surface area contributed by atoms with Crippen LogP contribution in [-0.2, 0) is 4.79 Å². The largest absolute Gasteiger partial charge is 0.377 e. The lowest BCUT2D eigenvalue weighted by molar-refractivity contribution is -0.116. The lowest BCUT2D eigenvalue weighted by atomic mass is 10.1. The second-order valence-corrected chi connectivity index (χ2v) is 9.21. The van der Waals surface area contributed by atoms with Crippen LogP contribution in [0.25, 0.3) is 0 Å². The maximum Gasteiger partial charge on any atom is 0.253 e. The van der Waals surface area contributed by atoms with Crippen LogP contribution >= 0.6 is 0 Å². The molecule has 2 rings (SSSR count). The lowest BCUT2D eigenvalue weighted by Gasteiger charge is -2.18. The number of anilines is 2. The molecule has 1 fully saturated rings. The van der Waals surface area contributed by atoms with Crippen molar-refractivity contribution in [1.29, 1.82) is 0 Å². The van der Waals surface area contributed by atoms with E-state index in [1.54, 1.807) is 6.07 Å². The van der Waals surface area contributed by atoms with Gasteiger partial charge in [-0.1, -0.05) is 71.1 Å². The number of nitrogens with one attached hydrogen (secondary N) is 2. The molecule has 0 aromatic heterocycles. The fourth-order valence-corrected chi connectivity index (χ4v) is 3.85. The quantitative estimate of drug-likeness (QED) is 0.304. The van der Waals surface area contributed by atoms with Gasteiger partial charge >= 0.3 is 0 Å². The Morgan fingerprint density at radius 1 is 0.903 bits per heavy atom. The first-order valence-corrected chi connectivity index (χ1v) is 12.4. The normalized spacial score (nSPS) is 13.1. The van der Waals surface area contributed by atoms with Gasteiger partial charge in [0.1, 0.15) is 0 Å². The zero-order chi connectivity index (χ0) is 22.5. The third kappa shape index (κ3) is 10.2. The van der Waals surface area contributed by atoms with Gasteiger partial charge in [-0.2, -0.15) is 0 Å². The third-order valence-corrected chi connectivity index (χ3v) is 5.93. The van der Waals surface area contributed by atoms with Crippen LogP contribution in [0, 0.1) is 0 Å². The van der Waals surface area contributed by atoms with Gasteiger partial charge in [0, 0.05) is 37.9 Å². The molecule has 0 aliphatic heterocycles. The van der Waals surface area contributed by atoms with E-state index < -0.39 is 0 Å². The Kier molecular flexibility index (Phi) is 11.5. The summed E-state index contributed by atoms with van der Waals surface area (Å²) in [6.07, 6.45) is 16.7. The molecule has 0 heterocycles. The monoisotopic (exact) mass is 429 g/mol. The molecule has 0 atom stereocenters. The summed E-state index contributed by atoms with van der Waals surface area (Å²) in [6, 6.07) is 5.88. The maximum atomic E-state index is 12.6. The third-order valence-electron chi connectivity index (χ3n) is 5.93. The molecule has 2 amide bonds. The van der Waals surface area contributed by atoms with Gasteiger partial charge in [0.25, 0.3) is 5.91 Å². The summed E-state index contributed by atoms with van der Waals surface area (Å²) in [5.41, 5.74) is 2.17. The highest BCUT2D eigenvalue weighted by atomic mass is 16.2. The fraction of sp³-hybridized carbons (Fsp3) is 0.692. The molecular formula is C26H43N3O2. The molecule has 1 aliphatic carbocycles. The molecule has 2 N–H and O–H groups in total. The van der Waals surface area contributed by atoms with Gasteiger partial charge in [0.05, 0.1) is 5.56 Å². The van der Waals surface area contributed by atoms with Crippen LogP contribution in [0.2, 0.25) is 0 Å². The Morgan fingerprint density at radius 3 is 2.03 bits per heavy atom. The van der Waals surface area contributed by atoms with Gasteiger partial charge in [-0.25, -0.2) is 0 Å². The molecule has 1 aliphatic rings. The van der Waals surface area contributed by atoms with Gasteiger partial charge in [-0.05, 0) is 37.5 Å². The molecule has 0 bridgehead atoms. The molecule has 1 aromatic carbocycles. The number of carbonyl (C=O) groups excluding carboxylic acids is 2. The van der Waals surface area contributed by atoms with Crippen molar-refractivity contribution in [2.75, 3.05) is 24.3 Å². The van der Waals surface area contributed by atoms with E-state index in [0.29, 0.717) is 23.7 Å². The van der Waals surface area contributed by atoms with Crippen LogP contribution < -0.4 is 15.5 Å². The summed E-state index contributed by atoms with van der Waals surface area (Å²) in [6.45, 7) is 2.26. The Hall–Kier alpha value is -2.04. The topological polar surface area (TPSA) is 61.4 Å². The van der Waals surface area contributed by atoms with Crippen LogP contribution in [-0.4, -0.2) is 32.0 Å². The second kappa shape index (κ2) is 14.1. The van der Waals surface area contributed by atoms with E-state index in [1.165, 1.54) is 57.8 Å². The summed E-state index contributed by atoms with van der Waals surface area (Å²) in [5.74, 6) is -0.0326. The molecule has 174 valence electrons. The van der Waals surface area contributed by atoms with Crippen LogP contribution in [0.4, 0.5) is 11.4 Å². The molecule has 0 unspecified atom stereocenters. The predicted octanol–water partition coefficient (Wildman–Crippen LogP) is 6.28. The first kappa shape index (κ1) is 25.2. The first-order valence-electron chi connectivity index (χ1n) is 12.4. The van der Waals surface area contributed by atoms with Gasteiger partial charge in [0.2, 0.25) is 5.91 Å². The Bertz CT molecular complexity index is 683. The average molecular weight is 430 g/mol. The smallest absolute Gasteiger partial charge is 0.253 e. The Morgan fingerprint density at radius 2 is 1.48 bits per heavy atom. The highest BCUT2D eigenvalue weighted by molar-refractivity contribution is 6.02. The number of rotatable bonds is 16. The minimum absolute atomic E-state index is 0.0297. The first-order chi connectivity index (χ1) is 15.0. The number of hydrogen-bond acceptors (Lipinski definition) is 3. The van der Waals surface area contributed by atoms with E-state index in [1.807, 2.05) is 31.1 Å². The molecule has 1 saturated carbocycles. The fourth-order valence-electron chi connectivity index (χ4n) is 3.85. The summed E-state index contributed by atoms with van der Waals surface area (Å²) in [4.78, 5) is 26.9. The van der Waals surface area contributed by atoms with E-state index in [-0.39, 0.29) is 11.8 Å². The van der Waals surface area contributed by atoms with Crippen LogP contribution in [0.1, 0.15) is 107 Å². The highest BCUT2D eigenvalue weighted by Gasteiger charge is 2.25. The van der Waals surface area contributed by atoms with Gasteiger partial charge in [-0.15, -0.1) is 0 Å². The average Bonchev–Trinajstić information content (AvgIpc) is 3.55. The summed E-state index contributed by atoms with van der Waals surface area (Å²) in [5, 5.41) is 6.01. The minimum Gasteiger partial charge on any atom is -0.377 e. The van der Waals surface area contributed by atoms with Crippen molar-refractivity contribution in [1.82, 2.24) is 5.32 Å². The van der Waals surface area contributed by atoms with Crippen molar-refractivity contribution < 1.29 is 9.59 Å². The number of hydrogen-bond donors (Lipinski definition) is 2. The van der Waals surface area contributed by atoms with Crippen molar-refractivity contribution in [2.45, 2.75) is 103 Å². The van der Waals surface area contributed by atoms with E-state index in [9.17, 15) is 9.59 Å². The maximum absolute atomic E-state index is 12.6. The number of unbranched alkanes of at least 4 members (excludes halogenated alkanes) is 10. The zero-order valence-corrected chi connectivity index (χ0v) is 20.0. The van der Waals surface area contributed by atoms with E-state index >= 15 is 0 Å². The SMILES string of the molecule is CCCCCCCCCCCCCC(=O)Nc1ccc(N(C)C)c(C(=O)NC2CC2)c1. The standard InChI is InChI=1S/C26H43N3O2/c1-4-5-6-7-8-9-10-11-12-13-14-15-25(30)27-22-18-19-24(29(2)3)23(20-22)26(31)28-21-16-17-21/h18-21H,4-17H2,1-3H3,(H,27,30)(H,28,31). The minimum atomic E-state index is -0.0623. The number of amides is 2. The molecule has 5 nitrogen and oxygen atoms in total. The van der Waals surface area contributed by atoms with Gasteiger partial charge in [-0.3, -0.25) is 9.59 Å².